The molecule has 1 aliphatic carbocycles. The maximum atomic E-state index is 3.17. The summed E-state index contributed by atoms with van der Waals surface area (Å²) in [5.74, 6) is 0.787. The molecule has 0 aromatic carbocycles. The Balaban J connectivity index is 2.41. The summed E-state index contributed by atoms with van der Waals surface area (Å²) < 4.78 is 0. The van der Waals surface area contributed by atoms with Gasteiger partial charge in [-0.25, -0.2) is 0 Å². The minimum Gasteiger partial charge on any atom is -0.367 e. The average molecular weight is 135 g/mol. The summed E-state index contributed by atoms with van der Waals surface area (Å²) >= 11 is 0. The van der Waals surface area contributed by atoms with E-state index in [-0.39, 0.29) is 0 Å². The molecule has 0 aliphatic heterocycles. The highest BCUT2D eigenvalue weighted by atomic mass is 14.6. The lowest BCUT2D eigenvalue weighted by atomic mass is 9.87. The quantitative estimate of drug-likeness (QED) is 0.562. The Bertz CT molecular complexity index is 224. The van der Waals surface area contributed by atoms with Crippen molar-refractivity contribution in [3.05, 3.63) is 23.5 Å². The summed E-state index contributed by atoms with van der Waals surface area (Å²) in [7, 11) is 0. The fraction of sp³-hybridized carbons (Fsp3) is 0.556. The van der Waals surface area contributed by atoms with Gasteiger partial charge in [-0.05, 0) is 36.3 Å². The fourth-order valence-electron chi connectivity index (χ4n) is 1.84. The van der Waals surface area contributed by atoms with E-state index < -0.39 is 0 Å². The Morgan fingerprint density at radius 2 is 2.40 bits per heavy atom. The lowest BCUT2D eigenvalue weighted by Crippen LogP contribution is -2.03. The molecule has 1 aromatic heterocycles. The molecule has 54 valence electrons. The van der Waals surface area contributed by atoms with Crippen LogP contribution in [-0.2, 0) is 6.42 Å². The van der Waals surface area contributed by atoms with Crippen LogP contribution in [0.15, 0.2) is 12.4 Å². The monoisotopic (exact) mass is 135 g/mol. The Hall–Kier alpha value is -0.720. The number of nitrogens with one attached hydrogen (secondary N) is 1. The van der Waals surface area contributed by atoms with Gasteiger partial charge in [0, 0.05) is 12.4 Å². The molecule has 1 heterocycles. The van der Waals surface area contributed by atoms with E-state index in [1.54, 1.807) is 11.1 Å². The lowest BCUT2D eigenvalue weighted by Gasteiger charge is -2.17. The Labute approximate surface area is 61.5 Å². The van der Waals surface area contributed by atoms with Crippen LogP contribution >= 0.6 is 0 Å². The predicted octanol–water partition coefficient (Wildman–Crippen LogP) is 2.45. The Kier molecular flexibility index (Phi) is 1.30. The standard InChI is InChI=1S/C9H13N/c1-7-3-2-4-8-5-10-6-9(7)8/h5-7,10H,2-4H2,1H3. The number of aromatic amines is 1. The number of H-pyrrole nitrogens is 1. The summed E-state index contributed by atoms with van der Waals surface area (Å²) in [6, 6.07) is 0. The van der Waals surface area contributed by atoms with E-state index in [1.807, 2.05) is 0 Å². The first kappa shape index (κ1) is 6.02. The summed E-state index contributed by atoms with van der Waals surface area (Å²) in [6.45, 7) is 2.31. The van der Waals surface area contributed by atoms with Crippen LogP contribution in [0.2, 0.25) is 0 Å². The molecular formula is C9H13N. The molecule has 0 bridgehead atoms. The number of aromatic nitrogens is 1. The molecule has 10 heavy (non-hydrogen) atoms. The van der Waals surface area contributed by atoms with Crippen molar-refractivity contribution in [2.75, 3.05) is 0 Å². The van der Waals surface area contributed by atoms with E-state index in [9.17, 15) is 0 Å². The first-order valence-electron chi connectivity index (χ1n) is 4.03. The van der Waals surface area contributed by atoms with Crippen molar-refractivity contribution in [1.82, 2.24) is 4.98 Å². The SMILES string of the molecule is CC1CCCc2c[nH]cc21. The normalized spacial score (nSPS) is 24.3. The molecule has 1 N–H and O–H groups in total. The summed E-state index contributed by atoms with van der Waals surface area (Å²) in [5.41, 5.74) is 3.09. The van der Waals surface area contributed by atoms with Gasteiger partial charge >= 0.3 is 0 Å². The third-order valence-electron chi connectivity index (χ3n) is 2.48. The van der Waals surface area contributed by atoms with Gasteiger partial charge in [0.2, 0.25) is 0 Å². The van der Waals surface area contributed by atoms with Crippen LogP contribution < -0.4 is 0 Å². The van der Waals surface area contributed by atoms with Crippen molar-refractivity contribution in [3.63, 3.8) is 0 Å². The van der Waals surface area contributed by atoms with Gasteiger partial charge in [-0.1, -0.05) is 6.92 Å². The fourth-order valence-corrected chi connectivity index (χ4v) is 1.84. The zero-order chi connectivity index (χ0) is 6.97. The highest BCUT2D eigenvalue weighted by Gasteiger charge is 2.15. The Morgan fingerprint density at radius 1 is 1.50 bits per heavy atom. The number of hydrogen-bond donors (Lipinski definition) is 1. The number of rotatable bonds is 0. The van der Waals surface area contributed by atoms with Crippen LogP contribution in [0.25, 0.3) is 0 Å². The van der Waals surface area contributed by atoms with Crippen LogP contribution in [-0.4, -0.2) is 4.98 Å². The van der Waals surface area contributed by atoms with E-state index in [1.165, 1.54) is 19.3 Å². The van der Waals surface area contributed by atoms with Crippen LogP contribution in [0, 0.1) is 0 Å². The molecule has 0 spiro atoms. The largest absolute Gasteiger partial charge is 0.367 e. The molecule has 1 aliphatic rings. The molecular weight excluding hydrogens is 122 g/mol. The minimum atomic E-state index is 0.787. The van der Waals surface area contributed by atoms with E-state index in [0.717, 1.165) is 5.92 Å². The van der Waals surface area contributed by atoms with E-state index in [4.69, 9.17) is 0 Å². The van der Waals surface area contributed by atoms with Gasteiger partial charge in [-0.15, -0.1) is 0 Å². The zero-order valence-corrected chi connectivity index (χ0v) is 6.35. The predicted molar refractivity (Wildman–Crippen MR) is 42.1 cm³/mol. The first-order valence-corrected chi connectivity index (χ1v) is 4.03. The van der Waals surface area contributed by atoms with Crippen molar-refractivity contribution in [1.29, 1.82) is 0 Å². The van der Waals surface area contributed by atoms with Crippen molar-refractivity contribution >= 4 is 0 Å². The molecule has 0 radical (unpaired) electrons. The second-order valence-corrected chi connectivity index (χ2v) is 3.23. The Morgan fingerprint density at radius 3 is 3.20 bits per heavy atom. The minimum absolute atomic E-state index is 0.787. The molecule has 1 nitrogen and oxygen atoms in total. The molecule has 0 fully saturated rings. The summed E-state index contributed by atoms with van der Waals surface area (Å²) in [6.07, 6.45) is 8.31. The molecule has 1 unspecified atom stereocenters. The first-order chi connectivity index (χ1) is 4.88. The maximum absolute atomic E-state index is 3.17. The van der Waals surface area contributed by atoms with Gasteiger partial charge in [0.1, 0.15) is 0 Å². The number of hydrogen-bond acceptors (Lipinski definition) is 0. The zero-order valence-electron chi connectivity index (χ0n) is 6.35. The second kappa shape index (κ2) is 2.15. The van der Waals surface area contributed by atoms with Gasteiger partial charge in [0.15, 0.2) is 0 Å². The third-order valence-corrected chi connectivity index (χ3v) is 2.48. The molecule has 0 amide bonds. The van der Waals surface area contributed by atoms with E-state index >= 15 is 0 Å². The number of aryl methyl sites for hydroxylation is 1. The van der Waals surface area contributed by atoms with Crippen LogP contribution in [0.5, 0.6) is 0 Å². The van der Waals surface area contributed by atoms with Crippen molar-refractivity contribution in [3.8, 4) is 0 Å². The topological polar surface area (TPSA) is 15.8 Å². The third kappa shape index (κ3) is 0.772. The molecule has 1 heteroatoms. The van der Waals surface area contributed by atoms with Gasteiger partial charge in [-0.3, -0.25) is 0 Å². The van der Waals surface area contributed by atoms with Crippen LogP contribution in [0.1, 0.15) is 36.8 Å². The molecule has 2 rings (SSSR count). The molecule has 1 aromatic rings. The van der Waals surface area contributed by atoms with Gasteiger partial charge in [0.25, 0.3) is 0 Å². The summed E-state index contributed by atoms with van der Waals surface area (Å²) in [4.78, 5) is 3.17. The highest BCUT2D eigenvalue weighted by molar-refractivity contribution is 5.28. The smallest absolute Gasteiger partial charge is 0.00429 e. The van der Waals surface area contributed by atoms with Crippen LogP contribution in [0.3, 0.4) is 0 Å². The highest BCUT2D eigenvalue weighted by Crippen LogP contribution is 2.30. The summed E-state index contributed by atoms with van der Waals surface area (Å²) in [5, 5.41) is 0. The van der Waals surface area contributed by atoms with Crippen molar-refractivity contribution in [2.24, 2.45) is 0 Å². The van der Waals surface area contributed by atoms with E-state index in [0.29, 0.717) is 0 Å². The molecule has 0 saturated carbocycles. The van der Waals surface area contributed by atoms with Gasteiger partial charge < -0.3 is 4.98 Å². The van der Waals surface area contributed by atoms with Crippen molar-refractivity contribution in [2.45, 2.75) is 32.1 Å². The van der Waals surface area contributed by atoms with E-state index in [2.05, 4.69) is 24.3 Å². The molecule has 1 atom stereocenters. The van der Waals surface area contributed by atoms with Crippen LogP contribution in [0.4, 0.5) is 0 Å². The average Bonchev–Trinajstić information content (AvgIpc) is 2.36. The molecule has 0 saturated heterocycles. The second-order valence-electron chi connectivity index (χ2n) is 3.23. The maximum Gasteiger partial charge on any atom is 0.00429 e. The van der Waals surface area contributed by atoms with Gasteiger partial charge in [0.05, 0.1) is 0 Å². The number of fused-ring (bicyclic) bond motifs is 1. The van der Waals surface area contributed by atoms with Gasteiger partial charge in [-0.2, -0.15) is 0 Å². The lowest BCUT2D eigenvalue weighted by molar-refractivity contribution is 0.594. The van der Waals surface area contributed by atoms with Crippen molar-refractivity contribution < 1.29 is 0 Å².